The third kappa shape index (κ3) is 19.0. The molecule has 0 aromatic carbocycles. The zero-order chi connectivity index (χ0) is 27.8. The second-order valence-corrected chi connectivity index (χ2v) is 12.4. The first-order chi connectivity index (χ1) is 16.6. The van der Waals surface area contributed by atoms with Crippen molar-refractivity contribution in [3.63, 3.8) is 0 Å². The number of carbonyl (C=O) groups excluding carboxylic acids is 2. The molecular formula is C28H58N4O4. The molecule has 0 fully saturated rings. The van der Waals surface area contributed by atoms with Crippen LogP contribution in [0.3, 0.4) is 0 Å². The average molecular weight is 515 g/mol. The zero-order valence-corrected chi connectivity index (χ0v) is 24.2. The standard InChI is InChI=1S/C28H58N4O4/c1-26(2,3)35-24(33)22(30)16-19-28(32,20-17-23(31)25(34)36-27(4,5)6)18-14-12-10-8-7-9-11-13-15-21-29/h22-23H,7-21,29-32H2,1-6H3. The summed E-state index contributed by atoms with van der Waals surface area (Å²) >= 11 is 0. The molecule has 36 heavy (non-hydrogen) atoms. The second-order valence-electron chi connectivity index (χ2n) is 12.4. The molecule has 0 aliphatic heterocycles. The lowest BCUT2D eigenvalue weighted by Gasteiger charge is -2.32. The highest BCUT2D eigenvalue weighted by Gasteiger charge is 2.31. The van der Waals surface area contributed by atoms with Gasteiger partial charge in [-0.1, -0.05) is 51.4 Å². The summed E-state index contributed by atoms with van der Waals surface area (Å²) in [5.41, 5.74) is 22.9. The third-order valence-corrected chi connectivity index (χ3v) is 6.20. The highest BCUT2D eigenvalue weighted by atomic mass is 16.6. The van der Waals surface area contributed by atoms with E-state index in [0.717, 1.165) is 32.2 Å². The molecule has 0 aliphatic carbocycles. The van der Waals surface area contributed by atoms with Gasteiger partial charge in [0.05, 0.1) is 0 Å². The Kier molecular flexibility index (Phi) is 16.7. The Morgan fingerprint density at radius 1 is 0.611 bits per heavy atom. The number of esters is 2. The Hall–Kier alpha value is -1.22. The van der Waals surface area contributed by atoms with Crippen LogP contribution in [0.2, 0.25) is 0 Å². The van der Waals surface area contributed by atoms with Gasteiger partial charge >= 0.3 is 11.9 Å². The predicted octanol–water partition coefficient (Wildman–Crippen LogP) is 4.44. The Bertz CT molecular complexity index is 576. The van der Waals surface area contributed by atoms with Gasteiger partial charge in [-0.25, -0.2) is 0 Å². The molecule has 0 aliphatic rings. The maximum Gasteiger partial charge on any atom is 0.323 e. The smallest absolute Gasteiger partial charge is 0.323 e. The van der Waals surface area contributed by atoms with E-state index in [-0.39, 0.29) is 0 Å². The zero-order valence-electron chi connectivity index (χ0n) is 24.2. The van der Waals surface area contributed by atoms with Crippen molar-refractivity contribution >= 4 is 11.9 Å². The van der Waals surface area contributed by atoms with Crippen LogP contribution in [0.25, 0.3) is 0 Å². The minimum atomic E-state index is -0.731. The SMILES string of the molecule is CC(C)(C)OC(=O)C(N)CCC(N)(CCCCCCCCCCCN)CCC(N)C(=O)OC(C)(C)C. The van der Waals surface area contributed by atoms with Gasteiger partial charge in [0.25, 0.3) is 0 Å². The molecule has 8 heteroatoms. The van der Waals surface area contributed by atoms with Crippen molar-refractivity contribution in [3.05, 3.63) is 0 Å². The van der Waals surface area contributed by atoms with E-state index >= 15 is 0 Å². The Balaban J connectivity index is 4.77. The molecule has 2 unspecified atom stereocenters. The third-order valence-electron chi connectivity index (χ3n) is 6.20. The van der Waals surface area contributed by atoms with Gasteiger partial charge < -0.3 is 32.4 Å². The molecule has 0 rings (SSSR count). The monoisotopic (exact) mass is 514 g/mol. The maximum atomic E-state index is 12.3. The van der Waals surface area contributed by atoms with Crippen molar-refractivity contribution < 1.29 is 19.1 Å². The quantitative estimate of drug-likeness (QED) is 0.145. The summed E-state index contributed by atoms with van der Waals surface area (Å²) in [6.07, 6.45) is 13.4. The maximum absolute atomic E-state index is 12.3. The number of hydrogen-bond donors (Lipinski definition) is 4. The summed E-state index contributed by atoms with van der Waals surface area (Å²) in [5.74, 6) is -0.830. The van der Waals surface area contributed by atoms with E-state index in [2.05, 4.69) is 0 Å². The first-order valence-electron chi connectivity index (χ1n) is 14.0. The van der Waals surface area contributed by atoms with Gasteiger partial charge in [-0.05, 0) is 86.6 Å². The number of rotatable bonds is 19. The van der Waals surface area contributed by atoms with Crippen molar-refractivity contribution in [2.45, 2.75) is 160 Å². The van der Waals surface area contributed by atoms with E-state index in [9.17, 15) is 9.59 Å². The molecule has 0 radical (unpaired) electrons. The summed E-state index contributed by atoms with van der Waals surface area (Å²) < 4.78 is 10.8. The molecule has 0 aromatic heterocycles. The fraction of sp³-hybridized carbons (Fsp3) is 0.929. The first-order valence-corrected chi connectivity index (χ1v) is 14.0. The molecular weight excluding hydrogens is 456 g/mol. The van der Waals surface area contributed by atoms with Crippen LogP contribution in [0.15, 0.2) is 0 Å². The van der Waals surface area contributed by atoms with E-state index in [4.69, 9.17) is 32.4 Å². The van der Waals surface area contributed by atoms with Gasteiger partial charge in [-0.3, -0.25) is 9.59 Å². The van der Waals surface area contributed by atoms with Crippen molar-refractivity contribution in [1.82, 2.24) is 0 Å². The van der Waals surface area contributed by atoms with Crippen molar-refractivity contribution in [2.24, 2.45) is 22.9 Å². The number of unbranched alkanes of at least 4 members (excludes halogenated alkanes) is 8. The van der Waals surface area contributed by atoms with Gasteiger partial charge in [0.1, 0.15) is 23.3 Å². The van der Waals surface area contributed by atoms with Gasteiger partial charge in [-0.15, -0.1) is 0 Å². The van der Waals surface area contributed by atoms with Crippen LogP contribution in [-0.2, 0) is 19.1 Å². The normalized spacial score (nSPS) is 15.7. The summed E-state index contributed by atoms with van der Waals surface area (Å²) in [4.78, 5) is 24.7. The highest BCUT2D eigenvalue weighted by Crippen LogP contribution is 2.26. The van der Waals surface area contributed by atoms with E-state index in [0.29, 0.717) is 25.7 Å². The Morgan fingerprint density at radius 3 is 1.28 bits per heavy atom. The van der Waals surface area contributed by atoms with E-state index < -0.39 is 40.8 Å². The predicted molar refractivity (Wildman–Crippen MR) is 148 cm³/mol. The number of nitrogens with two attached hydrogens (primary N) is 4. The van der Waals surface area contributed by atoms with Gasteiger partial charge in [0.15, 0.2) is 0 Å². The van der Waals surface area contributed by atoms with Crippen molar-refractivity contribution in [1.29, 1.82) is 0 Å². The molecule has 8 nitrogen and oxygen atoms in total. The molecule has 0 saturated heterocycles. The van der Waals surface area contributed by atoms with Crippen molar-refractivity contribution in [2.75, 3.05) is 6.54 Å². The van der Waals surface area contributed by atoms with E-state index in [1.165, 1.54) is 38.5 Å². The molecule has 0 aromatic rings. The molecule has 214 valence electrons. The number of ether oxygens (including phenoxy) is 2. The molecule has 0 bridgehead atoms. The molecule has 0 heterocycles. The fourth-order valence-electron chi connectivity index (χ4n) is 4.11. The Morgan fingerprint density at radius 2 is 0.944 bits per heavy atom. The molecule has 0 spiro atoms. The van der Waals surface area contributed by atoms with Crippen LogP contribution in [0, 0.1) is 0 Å². The van der Waals surface area contributed by atoms with Crippen LogP contribution < -0.4 is 22.9 Å². The summed E-state index contributed by atoms with van der Waals surface area (Å²) in [6, 6.07) is -1.46. The Labute approximate surface area is 221 Å². The van der Waals surface area contributed by atoms with Crippen LogP contribution in [0.5, 0.6) is 0 Å². The van der Waals surface area contributed by atoms with Crippen LogP contribution in [0.1, 0.15) is 131 Å². The molecule has 0 amide bonds. The van der Waals surface area contributed by atoms with E-state index in [1.54, 1.807) is 0 Å². The lowest BCUT2D eigenvalue weighted by molar-refractivity contribution is -0.157. The topological polar surface area (TPSA) is 157 Å². The molecule has 2 atom stereocenters. The number of hydrogen-bond acceptors (Lipinski definition) is 8. The van der Waals surface area contributed by atoms with Gasteiger partial charge in [0, 0.05) is 5.54 Å². The largest absolute Gasteiger partial charge is 0.459 e. The average Bonchev–Trinajstić information content (AvgIpc) is 2.75. The minimum Gasteiger partial charge on any atom is -0.459 e. The van der Waals surface area contributed by atoms with Crippen LogP contribution in [-0.4, -0.2) is 47.3 Å². The van der Waals surface area contributed by atoms with Gasteiger partial charge in [0.2, 0.25) is 0 Å². The summed E-state index contributed by atoms with van der Waals surface area (Å²) in [5, 5.41) is 0. The van der Waals surface area contributed by atoms with Crippen LogP contribution >= 0.6 is 0 Å². The highest BCUT2D eigenvalue weighted by molar-refractivity contribution is 5.76. The lowest BCUT2D eigenvalue weighted by atomic mass is 9.82. The number of carbonyl (C=O) groups is 2. The summed E-state index contributed by atoms with van der Waals surface area (Å²) in [6.45, 7) is 11.7. The second kappa shape index (κ2) is 17.3. The van der Waals surface area contributed by atoms with Crippen LogP contribution in [0.4, 0.5) is 0 Å². The lowest BCUT2D eigenvalue weighted by Crippen LogP contribution is -2.46. The minimum absolute atomic E-state index is 0.415. The van der Waals surface area contributed by atoms with E-state index in [1.807, 2.05) is 41.5 Å². The first kappa shape index (κ1) is 34.8. The summed E-state index contributed by atoms with van der Waals surface area (Å²) in [7, 11) is 0. The molecule has 0 saturated carbocycles. The fourth-order valence-corrected chi connectivity index (χ4v) is 4.11. The molecule has 8 N–H and O–H groups in total. The van der Waals surface area contributed by atoms with Crippen molar-refractivity contribution in [3.8, 4) is 0 Å². The van der Waals surface area contributed by atoms with Gasteiger partial charge in [-0.2, -0.15) is 0 Å².